The summed E-state index contributed by atoms with van der Waals surface area (Å²) in [7, 11) is 0. The van der Waals surface area contributed by atoms with Crippen LogP contribution in [0.15, 0.2) is 12.4 Å². The van der Waals surface area contributed by atoms with Crippen molar-refractivity contribution in [2.75, 3.05) is 0 Å². The lowest BCUT2D eigenvalue weighted by molar-refractivity contribution is 0.498. The largest absolute Gasteiger partial charge is 0.241 e. The molecule has 2 heterocycles. The maximum atomic E-state index is 6.11. The Hall–Kier alpha value is -1.09. The van der Waals surface area contributed by atoms with Crippen molar-refractivity contribution in [3.8, 4) is 0 Å². The molecule has 0 radical (unpaired) electrons. The van der Waals surface area contributed by atoms with Gasteiger partial charge in [-0.1, -0.05) is 18.5 Å². The van der Waals surface area contributed by atoms with Gasteiger partial charge in [0, 0.05) is 18.0 Å². The molecule has 1 aliphatic rings. The quantitative estimate of drug-likeness (QED) is 0.684. The van der Waals surface area contributed by atoms with Crippen LogP contribution in [0.25, 0.3) is 5.52 Å². The maximum absolute atomic E-state index is 6.11. The molecule has 4 heteroatoms. The molecule has 0 amide bonds. The first kappa shape index (κ1) is 9.16. The number of aromatic nitrogens is 3. The summed E-state index contributed by atoms with van der Waals surface area (Å²) < 4.78 is 1.86. The third-order valence-electron chi connectivity index (χ3n) is 3.11. The number of halogens is 1. The molecule has 0 N–H and O–H groups in total. The molecule has 0 fully saturated rings. The van der Waals surface area contributed by atoms with E-state index < -0.39 is 0 Å². The van der Waals surface area contributed by atoms with Gasteiger partial charge in [-0.05, 0) is 25.2 Å². The van der Waals surface area contributed by atoms with Crippen LogP contribution in [-0.2, 0) is 12.8 Å². The lowest BCUT2D eigenvalue weighted by atomic mass is 9.88. The van der Waals surface area contributed by atoms with Gasteiger partial charge in [-0.15, -0.1) is 0 Å². The number of rotatable bonds is 0. The Balaban J connectivity index is 2.30. The normalized spacial score (nSPS) is 20.5. The van der Waals surface area contributed by atoms with E-state index in [1.165, 1.54) is 17.7 Å². The first-order valence-electron chi connectivity index (χ1n) is 5.26. The van der Waals surface area contributed by atoms with Gasteiger partial charge in [-0.2, -0.15) is 5.10 Å². The van der Waals surface area contributed by atoms with Crippen molar-refractivity contribution < 1.29 is 0 Å². The Morgan fingerprint density at radius 2 is 2.40 bits per heavy atom. The van der Waals surface area contributed by atoms with E-state index in [2.05, 4.69) is 17.0 Å². The van der Waals surface area contributed by atoms with E-state index in [1.807, 2.05) is 10.7 Å². The second-order valence-electron chi connectivity index (χ2n) is 4.28. The van der Waals surface area contributed by atoms with Gasteiger partial charge in [0.2, 0.25) is 0 Å². The second-order valence-corrected chi connectivity index (χ2v) is 4.64. The van der Waals surface area contributed by atoms with Crippen LogP contribution in [-0.4, -0.2) is 14.6 Å². The molecule has 2 aromatic heterocycles. The van der Waals surface area contributed by atoms with Gasteiger partial charge in [-0.25, -0.2) is 9.50 Å². The molecule has 0 aliphatic heterocycles. The first-order valence-corrected chi connectivity index (χ1v) is 5.64. The average Bonchev–Trinajstić information content (AvgIpc) is 2.57. The molecule has 2 aromatic rings. The smallest absolute Gasteiger partial charge is 0.155 e. The molecule has 0 saturated carbocycles. The first-order chi connectivity index (χ1) is 7.25. The fraction of sp³-hybridized carbons (Fsp3) is 0.455. The van der Waals surface area contributed by atoms with E-state index >= 15 is 0 Å². The highest BCUT2D eigenvalue weighted by Gasteiger charge is 2.22. The summed E-state index contributed by atoms with van der Waals surface area (Å²) in [4.78, 5) is 4.12. The number of hydrogen-bond donors (Lipinski definition) is 0. The fourth-order valence-corrected chi connectivity index (χ4v) is 2.57. The third kappa shape index (κ3) is 1.34. The minimum Gasteiger partial charge on any atom is -0.241 e. The van der Waals surface area contributed by atoms with Crippen LogP contribution in [0.5, 0.6) is 0 Å². The van der Waals surface area contributed by atoms with Crippen LogP contribution in [0.4, 0.5) is 0 Å². The molecule has 15 heavy (non-hydrogen) atoms. The predicted octanol–water partition coefficient (Wildman–Crippen LogP) is 2.51. The zero-order valence-electron chi connectivity index (χ0n) is 8.57. The molecule has 0 aromatic carbocycles. The SMILES string of the molecule is CC1CCc2nn3ccnc(Cl)c3c2C1. The average molecular weight is 222 g/mol. The molecule has 1 aliphatic carbocycles. The summed E-state index contributed by atoms with van der Waals surface area (Å²) in [5.74, 6) is 0.724. The van der Waals surface area contributed by atoms with Gasteiger partial charge in [0.05, 0.1) is 5.69 Å². The molecule has 0 saturated heterocycles. The molecular weight excluding hydrogens is 210 g/mol. The van der Waals surface area contributed by atoms with Gasteiger partial charge in [0.1, 0.15) is 5.52 Å². The molecular formula is C11H12ClN3. The van der Waals surface area contributed by atoms with Gasteiger partial charge < -0.3 is 0 Å². The summed E-state index contributed by atoms with van der Waals surface area (Å²) in [5, 5.41) is 5.11. The van der Waals surface area contributed by atoms with E-state index in [0.29, 0.717) is 5.15 Å². The van der Waals surface area contributed by atoms with E-state index in [4.69, 9.17) is 11.6 Å². The standard InChI is InChI=1S/C11H12ClN3/c1-7-2-3-9-8(6-7)10-11(12)13-4-5-15(10)14-9/h4-5,7H,2-3,6H2,1H3. The maximum Gasteiger partial charge on any atom is 0.155 e. The summed E-state index contributed by atoms with van der Waals surface area (Å²) in [6.45, 7) is 2.27. The number of hydrogen-bond acceptors (Lipinski definition) is 2. The topological polar surface area (TPSA) is 30.2 Å². The molecule has 1 unspecified atom stereocenters. The Bertz CT molecular complexity index is 518. The minimum absolute atomic E-state index is 0.570. The minimum atomic E-state index is 0.570. The van der Waals surface area contributed by atoms with Crippen LogP contribution in [0.3, 0.4) is 0 Å². The highest BCUT2D eigenvalue weighted by molar-refractivity contribution is 6.32. The highest BCUT2D eigenvalue weighted by Crippen LogP contribution is 2.30. The Morgan fingerprint density at radius 1 is 1.53 bits per heavy atom. The Labute approximate surface area is 93.1 Å². The number of nitrogens with zero attached hydrogens (tertiary/aromatic N) is 3. The van der Waals surface area contributed by atoms with E-state index in [9.17, 15) is 0 Å². The molecule has 1 atom stereocenters. The van der Waals surface area contributed by atoms with Gasteiger partial charge in [0.25, 0.3) is 0 Å². The van der Waals surface area contributed by atoms with Crippen LogP contribution < -0.4 is 0 Å². The highest BCUT2D eigenvalue weighted by atomic mass is 35.5. The van der Waals surface area contributed by atoms with Crippen LogP contribution in [0, 0.1) is 5.92 Å². The van der Waals surface area contributed by atoms with Crippen LogP contribution in [0.2, 0.25) is 5.15 Å². The summed E-state index contributed by atoms with van der Waals surface area (Å²) in [6.07, 6.45) is 6.92. The fourth-order valence-electron chi connectivity index (χ4n) is 2.31. The molecule has 0 spiro atoms. The molecule has 0 bridgehead atoms. The van der Waals surface area contributed by atoms with Crippen LogP contribution in [0.1, 0.15) is 24.6 Å². The van der Waals surface area contributed by atoms with Crippen molar-refractivity contribution >= 4 is 17.1 Å². The summed E-state index contributed by atoms with van der Waals surface area (Å²) >= 11 is 6.11. The van der Waals surface area contributed by atoms with Gasteiger partial charge in [0.15, 0.2) is 5.15 Å². The Morgan fingerprint density at radius 3 is 3.27 bits per heavy atom. The van der Waals surface area contributed by atoms with Crippen molar-refractivity contribution in [2.24, 2.45) is 5.92 Å². The monoisotopic (exact) mass is 221 g/mol. The second kappa shape index (κ2) is 3.20. The van der Waals surface area contributed by atoms with Crippen LogP contribution >= 0.6 is 11.6 Å². The predicted molar refractivity (Wildman–Crippen MR) is 59.2 cm³/mol. The lowest BCUT2D eigenvalue weighted by Crippen LogP contribution is -2.10. The van der Waals surface area contributed by atoms with Gasteiger partial charge >= 0.3 is 0 Å². The zero-order valence-corrected chi connectivity index (χ0v) is 9.33. The van der Waals surface area contributed by atoms with Crippen molar-refractivity contribution in [1.29, 1.82) is 0 Å². The summed E-state index contributed by atoms with van der Waals surface area (Å²) in [5.41, 5.74) is 3.50. The zero-order chi connectivity index (χ0) is 10.4. The molecule has 3 nitrogen and oxygen atoms in total. The van der Waals surface area contributed by atoms with Crippen molar-refractivity contribution in [3.05, 3.63) is 28.8 Å². The van der Waals surface area contributed by atoms with Crippen molar-refractivity contribution in [3.63, 3.8) is 0 Å². The van der Waals surface area contributed by atoms with E-state index in [1.54, 1.807) is 6.20 Å². The van der Waals surface area contributed by atoms with E-state index in [-0.39, 0.29) is 0 Å². The van der Waals surface area contributed by atoms with Gasteiger partial charge in [-0.3, -0.25) is 0 Å². The van der Waals surface area contributed by atoms with Crippen molar-refractivity contribution in [1.82, 2.24) is 14.6 Å². The molecule has 78 valence electrons. The van der Waals surface area contributed by atoms with Crippen molar-refractivity contribution in [2.45, 2.75) is 26.2 Å². The molecule has 3 rings (SSSR count). The summed E-state index contributed by atoms with van der Waals surface area (Å²) in [6, 6.07) is 0. The van der Waals surface area contributed by atoms with E-state index in [0.717, 1.165) is 24.3 Å². The lowest BCUT2D eigenvalue weighted by Gasteiger charge is -2.16. The third-order valence-corrected chi connectivity index (χ3v) is 3.39. The number of aryl methyl sites for hydroxylation is 1. The Kier molecular flexibility index (Phi) is 1.96. The number of fused-ring (bicyclic) bond motifs is 3.